The number of anilines is 1. The molecule has 0 atom stereocenters. The Morgan fingerprint density at radius 1 is 1.30 bits per heavy atom. The first-order chi connectivity index (χ1) is 9.38. The number of nitrogens with zero attached hydrogens (tertiary/aromatic N) is 3. The molecule has 3 rings (SSSR count). The summed E-state index contributed by atoms with van der Waals surface area (Å²) in [6, 6.07) is 3.42. The Kier molecular flexibility index (Phi) is 3.00. The number of benzene rings is 1. The number of rotatable bonds is 2. The molecule has 1 aliphatic carbocycles. The highest BCUT2D eigenvalue weighted by molar-refractivity contribution is 9.10. The van der Waals surface area contributed by atoms with Gasteiger partial charge in [-0.3, -0.25) is 0 Å². The Bertz CT molecular complexity index is 661. The highest BCUT2D eigenvalue weighted by Crippen LogP contribution is 2.43. The summed E-state index contributed by atoms with van der Waals surface area (Å²) in [5.74, 6) is 0.503. The molecule has 8 heteroatoms. The second kappa shape index (κ2) is 4.47. The molecule has 0 saturated heterocycles. The average molecular weight is 347 g/mol. The minimum atomic E-state index is -4.40. The van der Waals surface area contributed by atoms with Gasteiger partial charge in [-0.2, -0.15) is 13.2 Å². The Morgan fingerprint density at radius 3 is 2.60 bits per heavy atom. The van der Waals surface area contributed by atoms with Gasteiger partial charge in [-0.15, -0.1) is 5.10 Å². The zero-order valence-electron chi connectivity index (χ0n) is 10.2. The minimum absolute atomic E-state index is 0.228. The van der Waals surface area contributed by atoms with Crippen LogP contribution in [0.4, 0.5) is 19.0 Å². The number of hydrogen-bond acceptors (Lipinski definition) is 3. The van der Waals surface area contributed by atoms with Crippen LogP contribution in [-0.4, -0.2) is 15.0 Å². The molecule has 1 fully saturated rings. The van der Waals surface area contributed by atoms with Gasteiger partial charge in [0.05, 0.1) is 16.9 Å². The summed E-state index contributed by atoms with van der Waals surface area (Å²) in [6.45, 7) is 0. The van der Waals surface area contributed by atoms with Crippen molar-refractivity contribution in [2.75, 3.05) is 5.73 Å². The average Bonchev–Trinajstić information content (AvgIpc) is 3.12. The molecule has 0 bridgehead atoms. The van der Waals surface area contributed by atoms with E-state index in [0.29, 0.717) is 15.9 Å². The van der Waals surface area contributed by atoms with E-state index < -0.39 is 11.7 Å². The van der Waals surface area contributed by atoms with Gasteiger partial charge in [0.25, 0.3) is 0 Å². The quantitative estimate of drug-likeness (QED) is 0.905. The fraction of sp³-hybridized carbons (Fsp3) is 0.333. The van der Waals surface area contributed by atoms with Gasteiger partial charge in [0.15, 0.2) is 5.82 Å². The van der Waals surface area contributed by atoms with Crippen LogP contribution in [0, 0.1) is 0 Å². The van der Waals surface area contributed by atoms with Crippen molar-refractivity contribution in [3.05, 3.63) is 33.9 Å². The van der Waals surface area contributed by atoms with Gasteiger partial charge in [-0.1, -0.05) is 5.21 Å². The van der Waals surface area contributed by atoms with Gasteiger partial charge >= 0.3 is 6.18 Å². The van der Waals surface area contributed by atoms with Gasteiger partial charge in [0, 0.05) is 10.4 Å². The highest BCUT2D eigenvalue weighted by Gasteiger charge is 2.34. The van der Waals surface area contributed by atoms with Crippen LogP contribution >= 0.6 is 15.9 Å². The maximum atomic E-state index is 12.8. The second-order valence-electron chi connectivity index (χ2n) is 4.71. The second-order valence-corrected chi connectivity index (χ2v) is 5.56. The molecular weight excluding hydrogens is 337 g/mol. The van der Waals surface area contributed by atoms with E-state index in [0.717, 1.165) is 25.0 Å². The maximum absolute atomic E-state index is 12.8. The van der Waals surface area contributed by atoms with Gasteiger partial charge in [0.2, 0.25) is 0 Å². The Morgan fingerprint density at radius 2 is 2.00 bits per heavy atom. The van der Waals surface area contributed by atoms with Crippen molar-refractivity contribution in [3.63, 3.8) is 0 Å². The molecular formula is C12H10BrF3N4. The van der Waals surface area contributed by atoms with Gasteiger partial charge in [0.1, 0.15) is 0 Å². The molecule has 1 aliphatic rings. The number of hydrogen-bond donors (Lipinski definition) is 1. The maximum Gasteiger partial charge on any atom is 0.416 e. The summed E-state index contributed by atoms with van der Waals surface area (Å²) in [7, 11) is 0. The first-order valence-electron chi connectivity index (χ1n) is 5.96. The first kappa shape index (κ1) is 13.4. The van der Waals surface area contributed by atoms with Crippen molar-refractivity contribution in [2.24, 2.45) is 0 Å². The largest absolute Gasteiger partial charge is 0.416 e. The molecule has 4 nitrogen and oxygen atoms in total. The van der Waals surface area contributed by atoms with Crippen LogP contribution in [0.3, 0.4) is 0 Å². The van der Waals surface area contributed by atoms with Crippen LogP contribution in [0.25, 0.3) is 5.69 Å². The van der Waals surface area contributed by atoms with Crippen molar-refractivity contribution >= 4 is 21.7 Å². The topological polar surface area (TPSA) is 56.7 Å². The van der Waals surface area contributed by atoms with Crippen LogP contribution < -0.4 is 5.73 Å². The van der Waals surface area contributed by atoms with Gasteiger partial charge < -0.3 is 5.73 Å². The summed E-state index contributed by atoms with van der Waals surface area (Å²) >= 11 is 3.25. The van der Waals surface area contributed by atoms with E-state index in [9.17, 15) is 13.2 Å². The molecule has 1 heterocycles. The SMILES string of the molecule is Nc1nnn(-c2cc(C(F)(F)F)ccc2Br)c1C1CC1. The van der Waals surface area contributed by atoms with Crippen molar-refractivity contribution in [2.45, 2.75) is 24.9 Å². The summed E-state index contributed by atoms with van der Waals surface area (Å²) in [5, 5.41) is 7.65. The monoisotopic (exact) mass is 346 g/mol. The van der Waals surface area contributed by atoms with E-state index in [1.807, 2.05) is 0 Å². The molecule has 106 valence electrons. The van der Waals surface area contributed by atoms with Crippen molar-refractivity contribution in [1.82, 2.24) is 15.0 Å². The molecule has 1 aromatic carbocycles. The van der Waals surface area contributed by atoms with E-state index in [1.165, 1.54) is 10.7 Å². The lowest BCUT2D eigenvalue weighted by atomic mass is 10.2. The number of alkyl halides is 3. The Labute approximate surface area is 120 Å². The molecule has 0 amide bonds. The molecule has 0 aliphatic heterocycles. The zero-order chi connectivity index (χ0) is 14.5. The molecule has 0 radical (unpaired) electrons. The smallest absolute Gasteiger partial charge is 0.381 e. The molecule has 1 saturated carbocycles. The standard InChI is InChI=1S/C12H10BrF3N4/c13-8-4-3-7(12(14,15)16)5-9(8)20-10(6-1-2-6)11(17)18-19-20/h3-6H,1-2,17H2. The van der Waals surface area contributed by atoms with Crippen LogP contribution in [0.15, 0.2) is 22.7 Å². The zero-order valence-corrected chi connectivity index (χ0v) is 11.7. The molecule has 1 aromatic heterocycles. The summed E-state index contributed by atoms with van der Waals surface area (Å²) in [6.07, 6.45) is -2.50. The van der Waals surface area contributed by atoms with Crippen LogP contribution in [0.5, 0.6) is 0 Å². The Balaban J connectivity index is 2.14. The number of nitrogen functional groups attached to an aromatic ring is 1. The van der Waals surface area contributed by atoms with Gasteiger partial charge in [-0.25, -0.2) is 4.68 Å². The third-order valence-corrected chi connectivity index (χ3v) is 3.87. The number of aromatic nitrogens is 3. The molecule has 0 spiro atoms. The van der Waals surface area contributed by atoms with Crippen LogP contribution in [0.1, 0.15) is 30.0 Å². The normalized spacial score (nSPS) is 15.6. The van der Waals surface area contributed by atoms with Crippen molar-refractivity contribution < 1.29 is 13.2 Å². The van der Waals surface area contributed by atoms with E-state index >= 15 is 0 Å². The Hall–Kier alpha value is -1.57. The summed E-state index contributed by atoms with van der Waals surface area (Å²) in [5.41, 5.74) is 6.01. The van der Waals surface area contributed by atoms with E-state index in [2.05, 4.69) is 26.2 Å². The fourth-order valence-electron chi connectivity index (χ4n) is 2.07. The third-order valence-electron chi connectivity index (χ3n) is 3.20. The van der Waals surface area contributed by atoms with Crippen LogP contribution in [-0.2, 0) is 6.18 Å². The molecule has 2 N–H and O–H groups in total. The lowest BCUT2D eigenvalue weighted by Crippen LogP contribution is -2.09. The molecule has 2 aromatic rings. The molecule has 0 unspecified atom stereocenters. The minimum Gasteiger partial charge on any atom is -0.381 e. The fourth-order valence-corrected chi connectivity index (χ4v) is 2.48. The molecule has 20 heavy (non-hydrogen) atoms. The van der Waals surface area contributed by atoms with Crippen molar-refractivity contribution in [1.29, 1.82) is 0 Å². The first-order valence-corrected chi connectivity index (χ1v) is 6.75. The summed E-state index contributed by atoms with van der Waals surface area (Å²) < 4.78 is 40.3. The predicted molar refractivity (Wildman–Crippen MR) is 70.4 cm³/mol. The highest BCUT2D eigenvalue weighted by atomic mass is 79.9. The van der Waals surface area contributed by atoms with Crippen molar-refractivity contribution in [3.8, 4) is 5.69 Å². The number of halogens is 4. The van der Waals surface area contributed by atoms with E-state index in [4.69, 9.17) is 5.73 Å². The predicted octanol–water partition coefficient (Wildman–Crippen LogP) is 3.51. The lowest BCUT2D eigenvalue weighted by molar-refractivity contribution is -0.137. The lowest BCUT2D eigenvalue weighted by Gasteiger charge is -2.12. The van der Waals surface area contributed by atoms with Gasteiger partial charge in [-0.05, 0) is 47.0 Å². The van der Waals surface area contributed by atoms with E-state index in [-0.39, 0.29) is 11.7 Å². The van der Waals surface area contributed by atoms with Crippen LogP contribution in [0.2, 0.25) is 0 Å². The summed E-state index contributed by atoms with van der Waals surface area (Å²) in [4.78, 5) is 0. The number of nitrogens with two attached hydrogens (primary N) is 1. The third kappa shape index (κ3) is 2.28. The van der Waals surface area contributed by atoms with E-state index in [1.54, 1.807) is 0 Å².